The van der Waals surface area contributed by atoms with E-state index in [1.54, 1.807) is 0 Å². The van der Waals surface area contributed by atoms with E-state index in [4.69, 9.17) is 5.73 Å². The molecule has 0 aliphatic carbocycles. The highest BCUT2D eigenvalue weighted by molar-refractivity contribution is 4.66. The Hall–Kier alpha value is -0.0800. The van der Waals surface area contributed by atoms with Crippen molar-refractivity contribution in [3.8, 4) is 0 Å². The number of hydrogen-bond acceptors (Lipinski definition) is 2. The average Bonchev–Trinajstić information content (AvgIpc) is 1.99. The van der Waals surface area contributed by atoms with Gasteiger partial charge in [-0.2, -0.15) is 0 Å². The second-order valence-electron chi connectivity index (χ2n) is 2.97. The smallest absolute Gasteiger partial charge is 0.00644 e. The summed E-state index contributed by atoms with van der Waals surface area (Å²) in [7, 11) is 2.01. The molecule has 3 N–H and O–H groups in total. The van der Waals surface area contributed by atoms with Crippen molar-refractivity contribution in [1.29, 1.82) is 0 Å². The van der Waals surface area contributed by atoms with Gasteiger partial charge in [0.05, 0.1) is 0 Å². The maximum atomic E-state index is 5.50. The van der Waals surface area contributed by atoms with Crippen LogP contribution in [0.25, 0.3) is 0 Å². The lowest BCUT2D eigenvalue weighted by Crippen LogP contribution is -2.28. The Labute approximate surface area is 64.2 Å². The van der Waals surface area contributed by atoms with Gasteiger partial charge in [0.25, 0.3) is 0 Å². The molecule has 0 spiro atoms. The molecule has 0 bridgehead atoms. The van der Waals surface area contributed by atoms with E-state index >= 15 is 0 Å². The van der Waals surface area contributed by atoms with Crippen LogP contribution in [-0.2, 0) is 0 Å². The van der Waals surface area contributed by atoms with E-state index in [1.165, 1.54) is 12.8 Å². The predicted molar refractivity (Wildman–Crippen MR) is 46.0 cm³/mol. The van der Waals surface area contributed by atoms with Crippen LogP contribution in [-0.4, -0.2) is 19.6 Å². The summed E-state index contributed by atoms with van der Waals surface area (Å²) in [6.45, 7) is 5.20. The molecule has 0 rings (SSSR count). The van der Waals surface area contributed by atoms with Crippen LogP contribution in [0.2, 0.25) is 0 Å². The lowest BCUT2D eigenvalue weighted by Gasteiger charge is -2.17. The predicted octanol–water partition coefficient (Wildman–Crippen LogP) is 0.969. The van der Waals surface area contributed by atoms with Crippen molar-refractivity contribution in [2.24, 2.45) is 11.7 Å². The van der Waals surface area contributed by atoms with Crippen LogP contribution in [0.3, 0.4) is 0 Å². The first-order valence-electron chi connectivity index (χ1n) is 4.11. The van der Waals surface area contributed by atoms with E-state index in [0.717, 1.165) is 6.54 Å². The molecule has 10 heavy (non-hydrogen) atoms. The number of nitrogens with one attached hydrogen (secondary N) is 1. The van der Waals surface area contributed by atoms with Crippen LogP contribution in [0, 0.1) is 5.92 Å². The number of hydrogen-bond donors (Lipinski definition) is 2. The molecule has 0 aliphatic rings. The summed E-state index contributed by atoms with van der Waals surface area (Å²) >= 11 is 0. The second-order valence-corrected chi connectivity index (χ2v) is 2.97. The summed E-state index contributed by atoms with van der Waals surface area (Å²) in [5, 5.41) is 3.26. The van der Waals surface area contributed by atoms with E-state index in [2.05, 4.69) is 19.2 Å². The van der Waals surface area contributed by atoms with E-state index in [1.807, 2.05) is 7.05 Å². The molecule has 0 saturated heterocycles. The first-order valence-corrected chi connectivity index (χ1v) is 4.11. The zero-order valence-electron chi connectivity index (χ0n) is 7.35. The van der Waals surface area contributed by atoms with Gasteiger partial charge in [-0.25, -0.2) is 0 Å². The fraction of sp³-hybridized carbons (Fsp3) is 1.00. The highest BCUT2D eigenvalue weighted by Gasteiger charge is 2.06. The van der Waals surface area contributed by atoms with Crippen LogP contribution < -0.4 is 11.1 Å². The minimum atomic E-state index is 0.650. The molecule has 0 aromatic rings. The Balaban J connectivity index is 3.41. The van der Waals surface area contributed by atoms with Gasteiger partial charge in [0.2, 0.25) is 0 Å². The fourth-order valence-corrected chi connectivity index (χ4v) is 1.07. The summed E-state index contributed by atoms with van der Waals surface area (Å²) in [5.41, 5.74) is 5.50. The van der Waals surface area contributed by atoms with Gasteiger partial charge >= 0.3 is 0 Å². The standard InChI is InChI=1S/C8H20N2/c1-4-8(10-3)5-7(2)6-9/h7-8,10H,4-6,9H2,1-3H3. The fourth-order valence-electron chi connectivity index (χ4n) is 1.07. The SMILES string of the molecule is CCC(CC(C)CN)NC. The van der Waals surface area contributed by atoms with Gasteiger partial charge in [0.1, 0.15) is 0 Å². The van der Waals surface area contributed by atoms with Crippen molar-refractivity contribution < 1.29 is 0 Å². The van der Waals surface area contributed by atoms with Gasteiger partial charge < -0.3 is 11.1 Å². The lowest BCUT2D eigenvalue weighted by molar-refractivity contribution is 0.418. The molecular formula is C8H20N2. The van der Waals surface area contributed by atoms with Crippen molar-refractivity contribution in [3.63, 3.8) is 0 Å². The summed E-state index contributed by atoms with van der Waals surface area (Å²) < 4.78 is 0. The van der Waals surface area contributed by atoms with Crippen LogP contribution in [0.15, 0.2) is 0 Å². The lowest BCUT2D eigenvalue weighted by atomic mass is 10.0. The van der Waals surface area contributed by atoms with E-state index in [0.29, 0.717) is 12.0 Å². The number of nitrogens with two attached hydrogens (primary N) is 1. The maximum Gasteiger partial charge on any atom is 0.00644 e. The molecule has 0 amide bonds. The van der Waals surface area contributed by atoms with Crippen molar-refractivity contribution in [1.82, 2.24) is 5.32 Å². The van der Waals surface area contributed by atoms with Gasteiger partial charge in [0.15, 0.2) is 0 Å². The van der Waals surface area contributed by atoms with Gasteiger partial charge in [-0.05, 0) is 32.4 Å². The second kappa shape index (κ2) is 5.69. The molecule has 0 saturated carbocycles. The molecule has 2 heteroatoms. The van der Waals surface area contributed by atoms with Crippen molar-refractivity contribution in [2.75, 3.05) is 13.6 Å². The maximum absolute atomic E-state index is 5.50. The number of rotatable bonds is 5. The quantitative estimate of drug-likeness (QED) is 0.603. The third-order valence-electron chi connectivity index (χ3n) is 1.99. The van der Waals surface area contributed by atoms with Crippen molar-refractivity contribution in [3.05, 3.63) is 0 Å². The first kappa shape index (κ1) is 9.92. The zero-order chi connectivity index (χ0) is 7.98. The first-order chi connectivity index (χ1) is 4.74. The molecule has 0 aromatic heterocycles. The Kier molecular flexibility index (Phi) is 5.64. The molecule has 0 fully saturated rings. The highest BCUT2D eigenvalue weighted by atomic mass is 14.9. The van der Waals surface area contributed by atoms with E-state index in [-0.39, 0.29) is 0 Å². The molecule has 62 valence electrons. The highest BCUT2D eigenvalue weighted by Crippen LogP contribution is 2.05. The summed E-state index contributed by atoms with van der Waals surface area (Å²) in [6, 6.07) is 0.651. The third kappa shape index (κ3) is 3.85. The Bertz CT molecular complexity index is 69.7. The van der Waals surface area contributed by atoms with Crippen LogP contribution in [0.5, 0.6) is 0 Å². The average molecular weight is 144 g/mol. The van der Waals surface area contributed by atoms with Crippen molar-refractivity contribution >= 4 is 0 Å². The van der Waals surface area contributed by atoms with Crippen LogP contribution in [0.4, 0.5) is 0 Å². The summed E-state index contributed by atoms with van der Waals surface area (Å²) in [4.78, 5) is 0. The Morgan fingerprint density at radius 3 is 2.40 bits per heavy atom. The zero-order valence-corrected chi connectivity index (χ0v) is 7.35. The Morgan fingerprint density at radius 1 is 1.50 bits per heavy atom. The van der Waals surface area contributed by atoms with Crippen LogP contribution in [0.1, 0.15) is 26.7 Å². The summed E-state index contributed by atoms with van der Waals surface area (Å²) in [5.74, 6) is 0.650. The molecule has 0 radical (unpaired) electrons. The largest absolute Gasteiger partial charge is 0.330 e. The molecular weight excluding hydrogens is 124 g/mol. The molecule has 0 aromatic carbocycles. The molecule has 0 aliphatic heterocycles. The van der Waals surface area contributed by atoms with Crippen LogP contribution >= 0.6 is 0 Å². The van der Waals surface area contributed by atoms with Gasteiger partial charge in [-0.1, -0.05) is 13.8 Å². The monoisotopic (exact) mass is 144 g/mol. The minimum Gasteiger partial charge on any atom is -0.330 e. The molecule has 0 heterocycles. The van der Waals surface area contributed by atoms with Gasteiger partial charge in [-0.15, -0.1) is 0 Å². The molecule has 2 atom stereocenters. The molecule has 2 unspecified atom stereocenters. The van der Waals surface area contributed by atoms with Crippen molar-refractivity contribution in [2.45, 2.75) is 32.7 Å². The summed E-state index contributed by atoms with van der Waals surface area (Å²) in [6.07, 6.45) is 2.39. The minimum absolute atomic E-state index is 0.650. The Morgan fingerprint density at radius 2 is 2.10 bits per heavy atom. The third-order valence-corrected chi connectivity index (χ3v) is 1.99. The van der Waals surface area contributed by atoms with Gasteiger partial charge in [-0.3, -0.25) is 0 Å². The topological polar surface area (TPSA) is 38.0 Å². The van der Waals surface area contributed by atoms with E-state index in [9.17, 15) is 0 Å². The normalized spacial score (nSPS) is 16.8. The molecule has 2 nitrogen and oxygen atoms in total. The van der Waals surface area contributed by atoms with E-state index < -0.39 is 0 Å². The van der Waals surface area contributed by atoms with Gasteiger partial charge in [0, 0.05) is 6.04 Å².